The third kappa shape index (κ3) is 4.28. The predicted octanol–water partition coefficient (Wildman–Crippen LogP) is 4.16. The van der Waals surface area contributed by atoms with Crippen LogP contribution in [0.4, 0.5) is 20.2 Å². The number of rotatable bonds is 5. The Labute approximate surface area is 202 Å². The van der Waals surface area contributed by atoms with Gasteiger partial charge in [0.15, 0.2) is 0 Å². The Balaban J connectivity index is 1.40. The summed E-state index contributed by atoms with van der Waals surface area (Å²) in [5, 5.41) is 11.0. The van der Waals surface area contributed by atoms with Crippen molar-refractivity contribution >= 4 is 34.8 Å². The van der Waals surface area contributed by atoms with Crippen molar-refractivity contribution in [1.29, 1.82) is 0 Å². The summed E-state index contributed by atoms with van der Waals surface area (Å²) >= 11 is 6.05. The van der Waals surface area contributed by atoms with E-state index in [0.29, 0.717) is 11.4 Å². The number of aliphatic imine (C=N–C) groups is 1. The second-order valence-corrected chi connectivity index (χ2v) is 7.97. The number of nitrogens with zero attached hydrogens (tertiary/aromatic N) is 5. The number of aryl methyl sites for hydroxylation is 1. The van der Waals surface area contributed by atoms with E-state index in [1.54, 1.807) is 25.1 Å². The molecule has 0 aliphatic carbocycles. The van der Waals surface area contributed by atoms with E-state index in [1.807, 2.05) is 0 Å². The molecule has 1 aliphatic rings. The number of guanidine groups is 1. The molecule has 3 N–H and O–H groups in total. The molecule has 35 heavy (non-hydrogen) atoms. The Morgan fingerprint density at radius 2 is 2.03 bits per heavy atom. The number of aromatic nitrogens is 3. The first-order valence-electron chi connectivity index (χ1n) is 10.2. The normalized spacial score (nSPS) is 12.2. The number of pyridine rings is 1. The van der Waals surface area contributed by atoms with E-state index in [0.717, 1.165) is 6.07 Å². The van der Waals surface area contributed by atoms with Crippen molar-refractivity contribution < 1.29 is 18.1 Å². The minimum atomic E-state index is -0.685. The number of amides is 1. The molecule has 0 unspecified atom stereocenters. The fourth-order valence-electron chi connectivity index (χ4n) is 3.60. The zero-order chi connectivity index (χ0) is 24.7. The SMILES string of the molecule is Cc1nc(-c2c(F)cc(Cl)cc2-c2cnc(CNC3=Nc4c(cccc4C(N)=O)[N]3)c(F)c2)no1. The maximum Gasteiger partial charge on any atom is 0.250 e. The van der Waals surface area contributed by atoms with E-state index in [-0.39, 0.29) is 57.2 Å². The molecular formula is C23H15ClF2N7O2. The molecule has 5 rings (SSSR count). The van der Waals surface area contributed by atoms with Crippen LogP contribution in [0.25, 0.3) is 22.5 Å². The van der Waals surface area contributed by atoms with Gasteiger partial charge in [-0.25, -0.2) is 19.1 Å². The molecule has 2 aromatic carbocycles. The Bertz CT molecular complexity index is 1520. The van der Waals surface area contributed by atoms with Gasteiger partial charge in [0.05, 0.1) is 29.1 Å². The molecule has 4 aromatic rings. The molecule has 9 nitrogen and oxygen atoms in total. The molecule has 0 spiro atoms. The minimum absolute atomic E-state index is 0.00794. The Morgan fingerprint density at radius 3 is 2.74 bits per heavy atom. The van der Waals surface area contributed by atoms with Crippen LogP contribution in [0.5, 0.6) is 0 Å². The van der Waals surface area contributed by atoms with Crippen LogP contribution < -0.4 is 16.4 Å². The predicted molar refractivity (Wildman–Crippen MR) is 123 cm³/mol. The number of nitrogens with one attached hydrogen (secondary N) is 1. The number of para-hydroxylation sites is 1. The van der Waals surface area contributed by atoms with Gasteiger partial charge in [-0.2, -0.15) is 4.98 Å². The van der Waals surface area contributed by atoms with Gasteiger partial charge in [-0.05, 0) is 35.9 Å². The molecule has 3 heterocycles. The quantitative estimate of drug-likeness (QED) is 0.428. The number of carbonyl (C=O) groups excluding carboxylic acids is 1. The lowest BCUT2D eigenvalue weighted by molar-refractivity contribution is 0.100. The number of primary amides is 1. The average molecular weight is 495 g/mol. The van der Waals surface area contributed by atoms with Gasteiger partial charge in [0, 0.05) is 23.7 Å². The van der Waals surface area contributed by atoms with Gasteiger partial charge in [-0.1, -0.05) is 22.8 Å². The summed E-state index contributed by atoms with van der Waals surface area (Å²) in [7, 11) is 0. The van der Waals surface area contributed by atoms with Crippen LogP contribution in [0.15, 0.2) is 52.1 Å². The largest absolute Gasteiger partial charge is 0.366 e. The zero-order valence-corrected chi connectivity index (χ0v) is 18.8. The van der Waals surface area contributed by atoms with Crippen molar-refractivity contribution in [3.8, 4) is 22.5 Å². The number of halogens is 3. The topological polar surface area (TPSA) is 133 Å². The number of benzene rings is 2. The summed E-state index contributed by atoms with van der Waals surface area (Å²) < 4.78 is 34.7. The fourth-order valence-corrected chi connectivity index (χ4v) is 3.80. The summed E-state index contributed by atoms with van der Waals surface area (Å²) in [6, 6.07) is 8.66. The van der Waals surface area contributed by atoms with Crippen molar-refractivity contribution in [1.82, 2.24) is 25.8 Å². The van der Waals surface area contributed by atoms with Crippen LogP contribution in [0.3, 0.4) is 0 Å². The lowest BCUT2D eigenvalue weighted by Gasteiger charge is -2.11. The Kier molecular flexibility index (Phi) is 5.61. The average Bonchev–Trinajstić information content (AvgIpc) is 3.43. The molecule has 1 amide bonds. The van der Waals surface area contributed by atoms with E-state index in [9.17, 15) is 13.6 Å². The lowest BCUT2D eigenvalue weighted by Crippen LogP contribution is -2.28. The second-order valence-electron chi connectivity index (χ2n) is 7.54. The van der Waals surface area contributed by atoms with Crippen LogP contribution in [0.2, 0.25) is 5.02 Å². The highest BCUT2D eigenvalue weighted by Crippen LogP contribution is 2.36. The third-order valence-electron chi connectivity index (χ3n) is 5.17. The summed E-state index contributed by atoms with van der Waals surface area (Å²) in [4.78, 5) is 24.1. The number of hydrogen-bond donors (Lipinski definition) is 2. The molecule has 175 valence electrons. The van der Waals surface area contributed by atoms with Crippen molar-refractivity contribution in [3.63, 3.8) is 0 Å². The summed E-state index contributed by atoms with van der Waals surface area (Å²) in [6.07, 6.45) is 1.38. The van der Waals surface area contributed by atoms with E-state index < -0.39 is 17.5 Å². The van der Waals surface area contributed by atoms with Crippen molar-refractivity contribution in [2.75, 3.05) is 0 Å². The van der Waals surface area contributed by atoms with Gasteiger partial charge in [-0.3, -0.25) is 9.78 Å². The summed E-state index contributed by atoms with van der Waals surface area (Å²) in [5.74, 6) is -1.52. The molecule has 0 atom stereocenters. The summed E-state index contributed by atoms with van der Waals surface area (Å²) in [6.45, 7) is 1.52. The van der Waals surface area contributed by atoms with Crippen LogP contribution in [-0.4, -0.2) is 27.0 Å². The van der Waals surface area contributed by atoms with Crippen LogP contribution in [0.1, 0.15) is 21.9 Å². The second kappa shape index (κ2) is 8.76. The van der Waals surface area contributed by atoms with E-state index >= 15 is 0 Å². The minimum Gasteiger partial charge on any atom is -0.366 e. The third-order valence-corrected chi connectivity index (χ3v) is 5.39. The van der Waals surface area contributed by atoms with E-state index in [1.165, 1.54) is 18.3 Å². The maximum absolute atomic E-state index is 15.0. The highest BCUT2D eigenvalue weighted by atomic mass is 35.5. The first-order chi connectivity index (χ1) is 16.8. The molecule has 0 bridgehead atoms. The first-order valence-corrected chi connectivity index (χ1v) is 10.6. The lowest BCUT2D eigenvalue weighted by atomic mass is 9.99. The molecule has 0 fully saturated rings. The highest BCUT2D eigenvalue weighted by Gasteiger charge is 2.22. The van der Waals surface area contributed by atoms with Crippen LogP contribution in [-0.2, 0) is 6.54 Å². The van der Waals surface area contributed by atoms with Gasteiger partial charge in [0.1, 0.15) is 17.3 Å². The molecule has 2 aromatic heterocycles. The van der Waals surface area contributed by atoms with E-state index in [2.05, 4.69) is 30.8 Å². The van der Waals surface area contributed by atoms with Gasteiger partial charge < -0.3 is 15.6 Å². The van der Waals surface area contributed by atoms with Crippen LogP contribution >= 0.6 is 11.6 Å². The number of hydrogen-bond acceptors (Lipinski definition) is 7. The van der Waals surface area contributed by atoms with Crippen molar-refractivity contribution in [2.45, 2.75) is 13.5 Å². The Hall–Kier alpha value is -4.38. The molecule has 1 radical (unpaired) electrons. The van der Waals surface area contributed by atoms with Crippen LogP contribution in [0, 0.1) is 18.6 Å². The number of fused-ring (bicyclic) bond motifs is 1. The molecule has 0 saturated heterocycles. The van der Waals surface area contributed by atoms with Crippen molar-refractivity contribution in [2.24, 2.45) is 10.7 Å². The number of carbonyl (C=O) groups is 1. The fraction of sp³-hybridized carbons (Fsp3) is 0.0870. The van der Waals surface area contributed by atoms with Gasteiger partial charge in [-0.15, -0.1) is 0 Å². The standard InChI is InChI=1S/C23H15ClF2N7O2/c1-10-30-22(33-35-10)19-14(6-12(24)7-16(19)26)11-5-15(25)18(28-8-11)9-29-23-31-17-4-2-3-13(21(27)34)20(17)32-23/h2-8H,9H2,1H3,(H2,27,34)(H,29,32). The molecule has 1 aliphatic heterocycles. The van der Waals surface area contributed by atoms with Crippen molar-refractivity contribution in [3.05, 3.63) is 76.4 Å². The molecule has 0 saturated carbocycles. The molecular weight excluding hydrogens is 480 g/mol. The smallest absolute Gasteiger partial charge is 0.250 e. The van der Waals surface area contributed by atoms with Gasteiger partial charge in [0.2, 0.25) is 17.7 Å². The van der Waals surface area contributed by atoms with E-state index in [4.69, 9.17) is 21.9 Å². The van der Waals surface area contributed by atoms with Gasteiger partial charge >= 0.3 is 0 Å². The molecule has 12 heteroatoms. The zero-order valence-electron chi connectivity index (χ0n) is 18.0. The Morgan fingerprint density at radius 1 is 1.20 bits per heavy atom. The monoisotopic (exact) mass is 494 g/mol. The maximum atomic E-state index is 15.0. The highest BCUT2D eigenvalue weighted by molar-refractivity contribution is 6.31. The summed E-state index contributed by atoms with van der Waals surface area (Å²) in [5.41, 5.74) is 7.03. The first kappa shape index (κ1) is 22.4. The number of nitrogens with two attached hydrogens (primary N) is 1. The van der Waals surface area contributed by atoms with Gasteiger partial charge in [0.25, 0.3) is 5.91 Å².